The molecular weight excluding hydrogens is 198 g/mol. The first-order valence-electron chi connectivity index (χ1n) is 6.08. The molecule has 2 rings (SSSR count). The molecule has 0 unspecified atom stereocenters. The van der Waals surface area contributed by atoms with E-state index in [0.717, 1.165) is 31.2 Å². The molecule has 0 atom stereocenters. The van der Waals surface area contributed by atoms with E-state index in [1.54, 1.807) is 0 Å². The Morgan fingerprint density at radius 1 is 1.12 bits per heavy atom. The van der Waals surface area contributed by atoms with Crippen LogP contribution >= 0.6 is 0 Å². The lowest BCUT2D eigenvalue weighted by Gasteiger charge is -2.34. The van der Waals surface area contributed by atoms with Gasteiger partial charge in [0.2, 0.25) is 0 Å². The minimum atomic E-state index is -0.278. The van der Waals surface area contributed by atoms with Crippen molar-refractivity contribution >= 4 is 5.78 Å². The maximum absolute atomic E-state index is 12.5. The van der Waals surface area contributed by atoms with Gasteiger partial charge < -0.3 is 5.73 Å². The van der Waals surface area contributed by atoms with Crippen molar-refractivity contribution in [2.24, 2.45) is 11.1 Å². The zero-order chi connectivity index (χ0) is 11.4. The second-order valence-corrected chi connectivity index (χ2v) is 4.74. The maximum Gasteiger partial charge on any atom is 0.170 e. The van der Waals surface area contributed by atoms with Crippen LogP contribution < -0.4 is 5.73 Å². The fourth-order valence-corrected chi connectivity index (χ4v) is 2.65. The zero-order valence-corrected chi connectivity index (χ0v) is 9.61. The summed E-state index contributed by atoms with van der Waals surface area (Å²) in [4.78, 5) is 12.5. The summed E-state index contributed by atoms with van der Waals surface area (Å²) in [5.74, 6) is 0.246. The van der Waals surface area contributed by atoms with Gasteiger partial charge in [-0.2, -0.15) is 0 Å². The molecule has 86 valence electrons. The molecule has 1 aromatic rings. The molecule has 0 spiro atoms. The van der Waals surface area contributed by atoms with Crippen LogP contribution in [0.1, 0.15) is 42.5 Å². The number of Topliss-reactive ketones (excluding diaryl/α,β-unsaturated/α-hetero) is 1. The molecular formula is C14H19NO. The van der Waals surface area contributed by atoms with Crippen LogP contribution in [0.5, 0.6) is 0 Å². The number of benzene rings is 1. The van der Waals surface area contributed by atoms with Gasteiger partial charge in [-0.15, -0.1) is 0 Å². The molecule has 0 heterocycles. The minimum Gasteiger partial charge on any atom is -0.329 e. The third kappa shape index (κ3) is 2.03. The minimum absolute atomic E-state index is 0.246. The summed E-state index contributed by atoms with van der Waals surface area (Å²) in [7, 11) is 0. The SMILES string of the molecule is NCC1(C(=O)c2ccccc2)CCCCC1. The molecule has 2 nitrogen and oxygen atoms in total. The van der Waals surface area contributed by atoms with Crippen molar-refractivity contribution in [3.05, 3.63) is 35.9 Å². The Bertz CT molecular complexity index is 352. The Labute approximate surface area is 96.8 Å². The fourth-order valence-electron chi connectivity index (χ4n) is 2.65. The van der Waals surface area contributed by atoms with Crippen LogP contribution in [0.15, 0.2) is 30.3 Å². The second kappa shape index (κ2) is 4.79. The molecule has 1 fully saturated rings. The first-order valence-corrected chi connectivity index (χ1v) is 6.08. The monoisotopic (exact) mass is 217 g/mol. The van der Waals surface area contributed by atoms with Gasteiger partial charge in [-0.25, -0.2) is 0 Å². The molecule has 2 N–H and O–H groups in total. The molecule has 0 saturated heterocycles. The van der Waals surface area contributed by atoms with Gasteiger partial charge in [0.15, 0.2) is 5.78 Å². The van der Waals surface area contributed by atoms with Gasteiger partial charge in [-0.1, -0.05) is 49.6 Å². The van der Waals surface area contributed by atoms with Gasteiger partial charge >= 0.3 is 0 Å². The van der Waals surface area contributed by atoms with E-state index in [2.05, 4.69) is 0 Å². The Balaban J connectivity index is 2.24. The lowest BCUT2D eigenvalue weighted by Crippen LogP contribution is -2.40. The van der Waals surface area contributed by atoms with Crippen molar-refractivity contribution < 1.29 is 4.79 Å². The first-order chi connectivity index (χ1) is 7.78. The molecule has 0 radical (unpaired) electrons. The zero-order valence-electron chi connectivity index (χ0n) is 9.61. The summed E-state index contributed by atoms with van der Waals surface area (Å²) in [6, 6.07) is 9.57. The normalized spacial score (nSPS) is 19.3. The van der Waals surface area contributed by atoms with Crippen LogP contribution in [0.2, 0.25) is 0 Å². The predicted octanol–water partition coefficient (Wildman–Crippen LogP) is 2.78. The molecule has 0 amide bonds. The number of hydrogen-bond acceptors (Lipinski definition) is 2. The number of carbonyl (C=O) groups is 1. The molecule has 1 aliphatic rings. The summed E-state index contributed by atoms with van der Waals surface area (Å²) in [5, 5.41) is 0. The Hall–Kier alpha value is -1.15. The largest absolute Gasteiger partial charge is 0.329 e. The smallest absolute Gasteiger partial charge is 0.170 e. The van der Waals surface area contributed by atoms with Crippen LogP contribution in [-0.2, 0) is 0 Å². The summed E-state index contributed by atoms with van der Waals surface area (Å²) in [6.45, 7) is 0.487. The van der Waals surface area contributed by atoms with Crippen molar-refractivity contribution in [2.45, 2.75) is 32.1 Å². The summed E-state index contributed by atoms with van der Waals surface area (Å²) < 4.78 is 0. The Morgan fingerprint density at radius 3 is 2.31 bits per heavy atom. The third-order valence-electron chi connectivity index (χ3n) is 3.72. The third-order valence-corrected chi connectivity index (χ3v) is 3.72. The highest BCUT2D eigenvalue weighted by atomic mass is 16.1. The highest BCUT2D eigenvalue weighted by Gasteiger charge is 2.38. The molecule has 0 bridgehead atoms. The van der Waals surface area contributed by atoms with Crippen LogP contribution in [0.3, 0.4) is 0 Å². The van der Waals surface area contributed by atoms with E-state index in [-0.39, 0.29) is 11.2 Å². The van der Waals surface area contributed by atoms with Gasteiger partial charge in [0.25, 0.3) is 0 Å². The standard InChI is InChI=1S/C14H19NO/c15-11-14(9-5-2-6-10-14)13(16)12-7-3-1-4-8-12/h1,3-4,7-8H,2,5-6,9-11,15H2. The lowest BCUT2D eigenvalue weighted by atomic mass is 9.69. The van der Waals surface area contributed by atoms with Gasteiger partial charge in [0, 0.05) is 17.5 Å². The molecule has 1 aliphatic carbocycles. The van der Waals surface area contributed by atoms with E-state index in [1.807, 2.05) is 30.3 Å². The summed E-state index contributed by atoms with van der Waals surface area (Å²) in [6.07, 6.45) is 5.42. The van der Waals surface area contributed by atoms with E-state index >= 15 is 0 Å². The van der Waals surface area contributed by atoms with Crippen LogP contribution in [-0.4, -0.2) is 12.3 Å². The van der Waals surface area contributed by atoms with E-state index in [1.165, 1.54) is 6.42 Å². The topological polar surface area (TPSA) is 43.1 Å². The first kappa shape index (κ1) is 11.3. The summed E-state index contributed by atoms with van der Waals surface area (Å²) in [5.41, 5.74) is 6.39. The number of ketones is 1. The van der Waals surface area contributed by atoms with E-state index in [9.17, 15) is 4.79 Å². The predicted molar refractivity (Wildman–Crippen MR) is 65.3 cm³/mol. The fraction of sp³-hybridized carbons (Fsp3) is 0.500. The lowest BCUT2D eigenvalue weighted by molar-refractivity contribution is 0.0729. The highest BCUT2D eigenvalue weighted by Crippen LogP contribution is 2.38. The van der Waals surface area contributed by atoms with Gasteiger partial charge in [0.05, 0.1) is 0 Å². The quantitative estimate of drug-likeness (QED) is 0.791. The molecule has 0 aromatic heterocycles. The Morgan fingerprint density at radius 2 is 1.75 bits per heavy atom. The van der Waals surface area contributed by atoms with Crippen molar-refractivity contribution in [2.75, 3.05) is 6.54 Å². The molecule has 1 aromatic carbocycles. The van der Waals surface area contributed by atoms with Crippen molar-refractivity contribution in [3.8, 4) is 0 Å². The average molecular weight is 217 g/mol. The number of rotatable bonds is 3. The van der Waals surface area contributed by atoms with E-state index < -0.39 is 0 Å². The van der Waals surface area contributed by atoms with Gasteiger partial charge in [0.1, 0.15) is 0 Å². The molecule has 0 aliphatic heterocycles. The van der Waals surface area contributed by atoms with Crippen LogP contribution in [0, 0.1) is 5.41 Å². The summed E-state index contributed by atoms with van der Waals surface area (Å²) >= 11 is 0. The van der Waals surface area contributed by atoms with Crippen molar-refractivity contribution in [1.29, 1.82) is 0 Å². The van der Waals surface area contributed by atoms with Gasteiger partial charge in [-0.3, -0.25) is 4.79 Å². The highest BCUT2D eigenvalue weighted by molar-refractivity contribution is 6.00. The van der Waals surface area contributed by atoms with Crippen LogP contribution in [0.4, 0.5) is 0 Å². The van der Waals surface area contributed by atoms with E-state index in [0.29, 0.717) is 6.54 Å². The molecule has 2 heteroatoms. The van der Waals surface area contributed by atoms with Crippen LogP contribution in [0.25, 0.3) is 0 Å². The number of hydrogen-bond donors (Lipinski definition) is 1. The average Bonchev–Trinajstić information content (AvgIpc) is 2.39. The second-order valence-electron chi connectivity index (χ2n) is 4.74. The van der Waals surface area contributed by atoms with Crippen molar-refractivity contribution in [3.63, 3.8) is 0 Å². The van der Waals surface area contributed by atoms with E-state index in [4.69, 9.17) is 5.73 Å². The van der Waals surface area contributed by atoms with Gasteiger partial charge in [-0.05, 0) is 12.8 Å². The molecule has 16 heavy (non-hydrogen) atoms. The number of nitrogens with two attached hydrogens (primary N) is 1. The Kier molecular flexibility index (Phi) is 3.39. The number of carbonyl (C=O) groups excluding carboxylic acids is 1. The maximum atomic E-state index is 12.5. The van der Waals surface area contributed by atoms with Crippen molar-refractivity contribution in [1.82, 2.24) is 0 Å². The molecule has 1 saturated carbocycles.